The number of methoxy groups -OCH3 is 1. The number of hydrogen-bond acceptors (Lipinski definition) is 7. The van der Waals surface area contributed by atoms with Gasteiger partial charge in [0, 0.05) is 26.7 Å². The number of hydrogen-bond donors (Lipinski definition) is 0. The minimum atomic E-state index is -0.298. The minimum absolute atomic E-state index is 0.245. The van der Waals surface area contributed by atoms with E-state index in [4.69, 9.17) is 14.2 Å². The largest absolute Gasteiger partial charge is 0.460 e. The van der Waals surface area contributed by atoms with Crippen molar-refractivity contribution < 1.29 is 19.0 Å². The monoisotopic (exact) mass is 314 g/mol. The standard InChI is InChI=1S/C14H22N2O4S/c1-10-8-16(4-6-19-10)5-7-20-14(17)13-11(2)15-12(21-13)9-18-3/h10H,4-9H2,1-3H3. The molecule has 1 aliphatic heterocycles. The number of ether oxygens (including phenoxy) is 3. The second-order valence-electron chi connectivity index (χ2n) is 5.07. The molecule has 0 bridgehead atoms. The summed E-state index contributed by atoms with van der Waals surface area (Å²) >= 11 is 1.33. The van der Waals surface area contributed by atoms with Gasteiger partial charge in [0.25, 0.3) is 0 Å². The molecule has 0 saturated carbocycles. The van der Waals surface area contributed by atoms with Gasteiger partial charge in [0.15, 0.2) is 0 Å². The SMILES string of the molecule is COCc1nc(C)c(C(=O)OCCN2CCOC(C)C2)s1. The fourth-order valence-corrected chi connectivity index (χ4v) is 3.18. The predicted octanol–water partition coefficient (Wildman–Crippen LogP) is 1.48. The smallest absolute Gasteiger partial charge is 0.350 e. The van der Waals surface area contributed by atoms with Gasteiger partial charge >= 0.3 is 5.97 Å². The van der Waals surface area contributed by atoms with Crippen LogP contribution >= 0.6 is 11.3 Å². The molecule has 1 aliphatic rings. The first kappa shape index (κ1) is 16.4. The summed E-state index contributed by atoms with van der Waals surface area (Å²) in [5.74, 6) is -0.298. The van der Waals surface area contributed by atoms with Crippen molar-refractivity contribution in [1.82, 2.24) is 9.88 Å². The van der Waals surface area contributed by atoms with E-state index in [0.29, 0.717) is 23.8 Å². The molecule has 0 N–H and O–H groups in total. The van der Waals surface area contributed by atoms with Crippen molar-refractivity contribution in [3.63, 3.8) is 0 Å². The molecule has 1 aromatic rings. The van der Waals surface area contributed by atoms with Gasteiger partial charge in [-0.2, -0.15) is 0 Å². The van der Waals surface area contributed by atoms with Crippen molar-refractivity contribution in [3.05, 3.63) is 15.6 Å². The highest BCUT2D eigenvalue weighted by atomic mass is 32.1. The molecule has 1 aromatic heterocycles. The van der Waals surface area contributed by atoms with Gasteiger partial charge in [-0.3, -0.25) is 4.90 Å². The van der Waals surface area contributed by atoms with Crippen LogP contribution in [0, 0.1) is 6.92 Å². The van der Waals surface area contributed by atoms with Crippen molar-refractivity contribution in [3.8, 4) is 0 Å². The normalized spacial score (nSPS) is 19.7. The zero-order valence-electron chi connectivity index (χ0n) is 12.8. The van der Waals surface area contributed by atoms with Gasteiger partial charge in [0.05, 0.1) is 25.0 Å². The van der Waals surface area contributed by atoms with Crippen LogP contribution in [-0.2, 0) is 20.8 Å². The maximum atomic E-state index is 12.1. The molecule has 0 spiro atoms. The number of nitrogens with zero attached hydrogens (tertiary/aromatic N) is 2. The third kappa shape index (κ3) is 4.74. The summed E-state index contributed by atoms with van der Waals surface area (Å²) in [6.45, 7) is 7.93. The molecule has 6 nitrogen and oxygen atoms in total. The molecule has 118 valence electrons. The van der Waals surface area contributed by atoms with E-state index < -0.39 is 0 Å². The minimum Gasteiger partial charge on any atom is -0.460 e. The van der Waals surface area contributed by atoms with E-state index in [1.165, 1.54) is 11.3 Å². The second kappa shape index (κ2) is 7.84. The Balaban J connectivity index is 1.79. The first-order valence-corrected chi connectivity index (χ1v) is 7.88. The van der Waals surface area contributed by atoms with Gasteiger partial charge in [-0.05, 0) is 13.8 Å². The van der Waals surface area contributed by atoms with Crippen molar-refractivity contribution in [1.29, 1.82) is 0 Å². The fourth-order valence-electron chi connectivity index (χ4n) is 2.25. The summed E-state index contributed by atoms with van der Waals surface area (Å²) in [4.78, 5) is 19.2. The quantitative estimate of drug-likeness (QED) is 0.741. The second-order valence-corrected chi connectivity index (χ2v) is 6.16. The van der Waals surface area contributed by atoms with Gasteiger partial charge in [0.2, 0.25) is 0 Å². The molecule has 0 amide bonds. The lowest BCUT2D eigenvalue weighted by Crippen LogP contribution is -2.42. The number of thiazole rings is 1. The van der Waals surface area contributed by atoms with Crippen LogP contribution in [0.2, 0.25) is 0 Å². The molecule has 2 heterocycles. The summed E-state index contributed by atoms with van der Waals surface area (Å²) in [5.41, 5.74) is 0.706. The summed E-state index contributed by atoms with van der Waals surface area (Å²) in [6, 6.07) is 0. The average Bonchev–Trinajstić information content (AvgIpc) is 2.80. The Morgan fingerprint density at radius 3 is 3.10 bits per heavy atom. The zero-order valence-corrected chi connectivity index (χ0v) is 13.6. The molecule has 2 rings (SSSR count). The van der Waals surface area contributed by atoms with Gasteiger partial charge in [-0.25, -0.2) is 9.78 Å². The Morgan fingerprint density at radius 1 is 1.57 bits per heavy atom. The molecule has 0 aliphatic carbocycles. The van der Waals surface area contributed by atoms with E-state index in [1.807, 2.05) is 6.92 Å². The summed E-state index contributed by atoms with van der Waals surface area (Å²) in [5, 5.41) is 0.795. The molecule has 1 fully saturated rings. The van der Waals surface area contributed by atoms with Gasteiger partial charge in [-0.15, -0.1) is 11.3 Å². The predicted molar refractivity (Wildman–Crippen MR) is 79.7 cm³/mol. The van der Waals surface area contributed by atoms with Crippen LogP contribution in [0.5, 0.6) is 0 Å². The van der Waals surface area contributed by atoms with Crippen molar-refractivity contribution >= 4 is 17.3 Å². The van der Waals surface area contributed by atoms with Crippen LogP contribution in [0.25, 0.3) is 0 Å². The van der Waals surface area contributed by atoms with Crippen LogP contribution in [-0.4, -0.2) is 61.9 Å². The lowest BCUT2D eigenvalue weighted by molar-refractivity contribution is -0.0246. The summed E-state index contributed by atoms with van der Waals surface area (Å²) in [7, 11) is 1.61. The number of aryl methyl sites for hydroxylation is 1. The summed E-state index contributed by atoms with van der Waals surface area (Å²) in [6.07, 6.45) is 0.245. The van der Waals surface area contributed by atoms with E-state index in [1.54, 1.807) is 7.11 Å². The zero-order chi connectivity index (χ0) is 15.2. The number of carbonyl (C=O) groups is 1. The third-order valence-electron chi connectivity index (χ3n) is 3.26. The van der Waals surface area contributed by atoms with E-state index in [-0.39, 0.29) is 12.1 Å². The maximum absolute atomic E-state index is 12.1. The van der Waals surface area contributed by atoms with E-state index in [9.17, 15) is 4.79 Å². The number of aromatic nitrogens is 1. The Bertz CT molecular complexity index is 478. The number of morpholine rings is 1. The van der Waals surface area contributed by atoms with Crippen molar-refractivity contribution in [2.45, 2.75) is 26.6 Å². The number of carbonyl (C=O) groups excluding carboxylic acids is 1. The maximum Gasteiger partial charge on any atom is 0.350 e. The van der Waals surface area contributed by atoms with Gasteiger partial charge in [-0.1, -0.05) is 0 Å². The summed E-state index contributed by atoms with van der Waals surface area (Å²) < 4.78 is 15.8. The Hall–Kier alpha value is -1.02. The first-order chi connectivity index (χ1) is 10.1. The molecule has 0 radical (unpaired) electrons. The highest BCUT2D eigenvalue weighted by molar-refractivity contribution is 7.13. The van der Waals surface area contributed by atoms with E-state index in [2.05, 4.69) is 16.8 Å². The van der Waals surface area contributed by atoms with E-state index in [0.717, 1.165) is 31.2 Å². The molecule has 1 unspecified atom stereocenters. The lowest BCUT2D eigenvalue weighted by atomic mass is 10.3. The fraction of sp³-hybridized carbons (Fsp3) is 0.714. The van der Waals surface area contributed by atoms with Crippen LogP contribution in [0.3, 0.4) is 0 Å². The Labute approximate surface area is 129 Å². The topological polar surface area (TPSA) is 60.9 Å². The molecule has 21 heavy (non-hydrogen) atoms. The van der Waals surface area contributed by atoms with E-state index >= 15 is 0 Å². The van der Waals surface area contributed by atoms with Crippen LogP contribution in [0.1, 0.15) is 27.3 Å². The lowest BCUT2D eigenvalue weighted by Gasteiger charge is -2.30. The molecule has 0 aromatic carbocycles. The number of rotatable bonds is 6. The molecular formula is C14H22N2O4S. The van der Waals surface area contributed by atoms with Crippen molar-refractivity contribution in [2.75, 3.05) is 40.0 Å². The molecule has 7 heteroatoms. The number of esters is 1. The molecule has 1 atom stereocenters. The van der Waals surface area contributed by atoms with Crippen LogP contribution in [0.4, 0.5) is 0 Å². The third-order valence-corrected chi connectivity index (χ3v) is 4.37. The van der Waals surface area contributed by atoms with Crippen LogP contribution < -0.4 is 0 Å². The Kier molecular flexibility index (Phi) is 6.10. The highest BCUT2D eigenvalue weighted by Gasteiger charge is 2.19. The van der Waals surface area contributed by atoms with Gasteiger partial charge in [0.1, 0.15) is 16.5 Å². The Morgan fingerprint density at radius 2 is 2.38 bits per heavy atom. The first-order valence-electron chi connectivity index (χ1n) is 7.06. The molecule has 1 saturated heterocycles. The highest BCUT2D eigenvalue weighted by Crippen LogP contribution is 2.19. The molecular weight excluding hydrogens is 292 g/mol. The van der Waals surface area contributed by atoms with Crippen molar-refractivity contribution in [2.24, 2.45) is 0 Å². The average molecular weight is 314 g/mol. The van der Waals surface area contributed by atoms with Gasteiger partial charge < -0.3 is 14.2 Å². The van der Waals surface area contributed by atoms with Crippen LogP contribution in [0.15, 0.2) is 0 Å².